The average Bonchev–Trinajstić information content (AvgIpc) is 2.80. The van der Waals surface area contributed by atoms with Crippen molar-refractivity contribution in [2.45, 2.75) is 19.3 Å². The number of halogens is 1. The van der Waals surface area contributed by atoms with E-state index in [9.17, 15) is 14.4 Å². The lowest BCUT2D eigenvalue weighted by Gasteiger charge is -2.14. The van der Waals surface area contributed by atoms with Crippen molar-refractivity contribution in [3.63, 3.8) is 0 Å². The van der Waals surface area contributed by atoms with Crippen molar-refractivity contribution < 1.29 is 14.4 Å². The maximum absolute atomic E-state index is 12.3. The van der Waals surface area contributed by atoms with E-state index in [2.05, 4.69) is 5.32 Å². The highest BCUT2D eigenvalue weighted by Gasteiger charge is 2.46. The summed E-state index contributed by atoms with van der Waals surface area (Å²) in [5.41, 5.74) is 0.636. The maximum Gasteiger partial charge on any atom is 0.233 e. The van der Waals surface area contributed by atoms with E-state index in [1.165, 1.54) is 4.90 Å². The number of nitrogens with zero attached hydrogens (tertiary/aromatic N) is 1. The number of likely N-dealkylation sites (tertiary alicyclic amines) is 1. The highest BCUT2D eigenvalue weighted by atomic mass is 35.5. The molecule has 1 aliphatic heterocycles. The lowest BCUT2D eigenvalue weighted by molar-refractivity contribution is -0.140. The Morgan fingerprint density at radius 2 is 1.65 bits per heavy atom. The van der Waals surface area contributed by atoms with Crippen molar-refractivity contribution in [2.75, 3.05) is 11.9 Å². The smallest absolute Gasteiger partial charge is 0.233 e. The second-order valence-corrected chi connectivity index (χ2v) is 6.23. The zero-order valence-electron chi connectivity index (χ0n) is 12.5. The first-order valence-corrected chi connectivity index (χ1v) is 7.99. The molecule has 0 spiro atoms. The van der Waals surface area contributed by atoms with E-state index in [0.717, 1.165) is 0 Å². The summed E-state index contributed by atoms with van der Waals surface area (Å²) in [6, 6.07) is 6.77. The first-order chi connectivity index (χ1) is 11.1. The molecule has 1 aromatic rings. The molecule has 0 radical (unpaired) electrons. The minimum atomic E-state index is -0.244. The predicted molar refractivity (Wildman–Crippen MR) is 86.8 cm³/mol. The van der Waals surface area contributed by atoms with E-state index >= 15 is 0 Å². The molecule has 1 N–H and O–H groups in total. The lowest BCUT2D eigenvalue weighted by atomic mass is 9.85. The first-order valence-electron chi connectivity index (χ1n) is 7.62. The monoisotopic (exact) mass is 332 g/mol. The third kappa shape index (κ3) is 3.29. The Morgan fingerprint density at radius 1 is 1.09 bits per heavy atom. The predicted octanol–water partition coefficient (Wildman–Crippen LogP) is 2.62. The third-order valence-corrected chi connectivity index (χ3v) is 4.54. The van der Waals surface area contributed by atoms with Crippen molar-refractivity contribution >= 4 is 35.0 Å². The van der Waals surface area contributed by atoms with Gasteiger partial charge in [-0.3, -0.25) is 19.3 Å². The Hall–Kier alpha value is -2.14. The number of anilines is 1. The molecular formula is C17H17ClN2O3. The van der Waals surface area contributed by atoms with Gasteiger partial charge in [-0.1, -0.05) is 23.8 Å². The van der Waals surface area contributed by atoms with Gasteiger partial charge < -0.3 is 5.32 Å². The topological polar surface area (TPSA) is 66.5 Å². The molecule has 1 aliphatic carbocycles. The minimum absolute atomic E-state index is 0.0903. The Kier molecular flexibility index (Phi) is 4.48. The van der Waals surface area contributed by atoms with Crippen molar-refractivity contribution in [3.05, 3.63) is 41.4 Å². The van der Waals surface area contributed by atoms with Crippen molar-refractivity contribution in [3.8, 4) is 0 Å². The average molecular weight is 333 g/mol. The zero-order valence-corrected chi connectivity index (χ0v) is 13.3. The van der Waals surface area contributed by atoms with Gasteiger partial charge >= 0.3 is 0 Å². The summed E-state index contributed by atoms with van der Waals surface area (Å²) in [7, 11) is 0. The SMILES string of the molecule is O=C(CCN1C(=O)[C@H]2CC=CC[C@H]2C1=O)Nc1ccc(Cl)cc1. The van der Waals surface area contributed by atoms with Crippen LogP contribution in [-0.4, -0.2) is 29.2 Å². The molecule has 0 saturated carbocycles. The molecule has 0 aromatic heterocycles. The molecule has 1 aromatic carbocycles. The number of allylic oxidation sites excluding steroid dienone is 2. The summed E-state index contributed by atoms with van der Waals surface area (Å²) < 4.78 is 0. The quantitative estimate of drug-likeness (QED) is 0.681. The number of hydrogen-bond acceptors (Lipinski definition) is 3. The van der Waals surface area contributed by atoms with E-state index in [1.54, 1.807) is 24.3 Å². The normalized spacial score (nSPS) is 23.1. The number of imide groups is 1. The Labute approximate surface area is 139 Å². The van der Waals surface area contributed by atoms with Crippen molar-refractivity contribution in [2.24, 2.45) is 11.8 Å². The van der Waals surface area contributed by atoms with E-state index in [4.69, 9.17) is 11.6 Å². The standard InChI is InChI=1S/C17H17ClN2O3/c18-11-5-7-12(8-6-11)19-15(21)9-10-20-16(22)13-3-1-2-4-14(13)17(20)23/h1-2,5-8,13-14H,3-4,9-10H2,(H,19,21)/t13-,14+. The largest absolute Gasteiger partial charge is 0.326 e. The van der Waals surface area contributed by atoms with Crippen LogP contribution in [0.5, 0.6) is 0 Å². The van der Waals surface area contributed by atoms with Crippen LogP contribution in [0.25, 0.3) is 0 Å². The molecule has 3 rings (SSSR count). The molecule has 2 atom stereocenters. The van der Waals surface area contributed by atoms with Crippen molar-refractivity contribution in [1.29, 1.82) is 0 Å². The van der Waals surface area contributed by atoms with Gasteiger partial charge in [0.2, 0.25) is 17.7 Å². The fraction of sp³-hybridized carbons (Fsp3) is 0.353. The number of benzene rings is 1. The fourth-order valence-corrected chi connectivity index (χ4v) is 3.19. The molecule has 2 aliphatic rings. The number of amides is 3. The number of hydrogen-bond donors (Lipinski definition) is 1. The van der Waals surface area contributed by atoms with Crippen LogP contribution in [0.2, 0.25) is 5.02 Å². The maximum atomic E-state index is 12.3. The van der Waals surface area contributed by atoms with E-state index in [-0.39, 0.29) is 42.5 Å². The van der Waals surface area contributed by atoms with Crippen LogP contribution in [0.15, 0.2) is 36.4 Å². The number of carbonyl (C=O) groups excluding carboxylic acids is 3. The summed E-state index contributed by atoms with van der Waals surface area (Å²) in [5.74, 6) is -1.02. The molecule has 0 unspecified atom stereocenters. The molecule has 120 valence electrons. The van der Waals surface area contributed by atoms with Gasteiger partial charge in [-0.2, -0.15) is 0 Å². The molecule has 3 amide bonds. The molecule has 0 bridgehead atoms. The Morgan fingerprint density at radius 3 is 2.22 bits per heavy atom. The van der Waals surface area contributed by atoms with Crippen LogP contribution in [0.4, 0.5) is 5.69 Å². The lowest BCUT2D eigenvalue weighted by Crippen LogP contribution is -2.34. The van der Waals surface area contributed by atoms with E-state index < -0.39 is 0 Å². The van der Waals surface area contributed by atoms with Gasteiger partial charge in [0, 0.05) is 23.7 Å². The molecule has 23 heavy (non-hydrogen) atoms. The van der Waals surface area contributed by atoms with Crippen LogP contribution in [0.1, 0.15) is 19.3 Å². The van der Waals surface area contributed by atoms with Gasteiger partial charge in [-0.25, -0.2) is 0 Å². The fourth-order valence-electron chi connectivity index (χ4n) is 3.06. The summed E-state index contributed by atoms with van der Waals surface area (Å²) >= 11 is 5.79. The van der Waals surface area contributed by atoms with Gasteiger partial charge in [-0.15, -0.1) is 0 Å². The zero-order chi connectivity index (χ0) is 16.4. The second kappa shape index (κ2) is 6.54. The number of carbonyl (C=O) groups is 3. The molecule has 1 fully saturated rings. The van der Waals surface area contributed by atoms with E-state index in [1.807, 2.05) is 12.2 Å². The van der Waals surface area contributed by atoms with Crippen LogP contribution in [-0.2, 0) is 14.4 Å². The highest BCUT2D eigenvalue weighted by Crippen LogP contribution is 2.35. The Bertz CT molecular complexity index is 643. The number of rotatable bonds is 4. The second-order valence-electron chi connectivity index (χ2n) is 5.79. The van der Waals surface area contributed by atoms with Gasteiger partial charge in [-0.05, 0) is 37.1 Å². The van der Waals surface area contributed by atoms with Gasteiger partial charge in [0.25, 0.3) is 0 Å². The summed E-state index contributed by atoms with van der Waals surface area (Å²) in [4.78, 5) is 37.8. The summed E-state index contributed by atoms with van der Waals surface area (Å²) in [6.07, 6.45) is 5.21. The van der Waals surface area contributed by atoms with Gasteiger partial charge in [0.15, 0.2) is 0 Å². The van der Waals surface area contributed by atoms with Crippen LogP contribution < -0.4 is 5.32 Å². The van der Waals surface area contributed by atoms with E-state index in [0.29, 0.717) is 23.6 Å². The molecule has 5 nitrogen and oxygen atoms in total. The van der Waals surface area contributed by atoms with Crippen LogP contribution in [0.3, 0.4) is 0 Å². The molecule has 1 saturated heterocycles. The molecule has 6 heteroatoms. The van der Waals surface area contributed by atoms with Gasteiger partial charge in [0.05, 0.1) is 11.8 Å². The molecule has 1 heterocycles. The third-order valence-electron chi connectivity index (χ3n) is 4.29. The Balaban J connectivity index is 1.56. The number of fused-ring (bicyclic) bond motifs is 1. The first kappa shape index (κ1) is 15.7. The van der Waals surface area contributed by atoms with Crippen LogP contribution >= 0.6 is 11.6 Å². The summed E-state index contributed by atoms with van der Waals surface area (Å²) in [5, 5.41) is 3.32. The molecular weight excluding hydrogens is 316 g/mol. The van der Waals surface area contributed by atoms with Crippen LogP contribution in [0, 0.1) is 11.8 Å². The van der Waals surface area contributed by atoms with Crippen molar-refractivity contribution in [1.82, 2.24) is 4.90 Å². The number of nitrogens with one attached hydrogen (secondary N) is 1. The highest BCUT2D eigenvalue weighted by molar-refractivity contribution is 6.30. The minimum Gasteiger partial charge on any atom is -0.326 e. The summed E-state index contributed by atoms with van der Waals surface area (Å²) in [6.45, 7) is 0.129. The van der Waals surface area contributed by atoms with Gasteiger partial charge in [0.1, 0.15) is 0 Å².